The van der Waals surface area contributed by atoms with Crippen LogP contribution in [0.3, 0.4) is 0 Å². The summed E-state index contributed by atoms with van der Waals surface area (Å²) in [7, 11) is -3.74. The van der Waals surface area contributed by atoms with Crippen LogP contribution in [-0.4, -0.2) is 31.6 Å². The number of aliphatic hydroxyl groups is 1. The van der Waals surface area contributed by atoms with Crippen molar-refractivity contribution in [3.63, 3.8) is 0 Å². The Hall–Kier alpha value is 0.0200. The number of sulfonamides is 1. The van der Waals surface area contributed by atoms with E-state index in [4.69, 9.17) is 28.3 Å². The molecule has 0 amide bonds. The van der Waals surface area contributed by atoms with Crippen LogP contribution in [0, 0.1) is 0 Å². The Morgan fingerprint density at radius 1 is 1.42 bits per heavy atom. The van der Waals surface area contributed by atoms with Gasteiger partial charge in [-0.1, -0.05) is 30.1 Å². The Labute approximate surface area is 127 Å². The molecule has 0 heterocycles. The molecule has 1 rings (SSSR count). The van der Waals surface area contributed by atoms with E-state index in [1.807, 2.05) is 13.2 Å². The highest BCUT2D eigenvalue weighted by Crippen LogP contribution is 2.29. The van der Waals surface area contributed by atoms with Gasteiger partial charge in [-0.05, 0) is 24.0 Å². The Balaban J connectivity index is 3.11. The maximum atomic E-state index is 12.1. The van der Waals surface area contributed by atoms with Gasteiger partial charge in [-0.15, -0.1) is 0 Å². The number of thioether (sulfide) groups is 1. The topological polar surface area (TPSA) is 66.4 Å². The van der Waals surface area contributed by atoms with E-state index < -0.39 is 10.0 Å². The van der Waals surface area contributed by atoms with Gasteiger partial charge in [0.25, 0.3) is 0 Å². The maximum absolute atomic E-state index is 12.1. The zero-order chi connectivity index (χ0) is 14.6. The van der Waals surface area contributed by atoms with Crippen LogP contribution in [0.2, 0.25) is 10.0 Å². The van der Waals surface area contributed by atoms with Crippen molar-refractivity contribution in [2.75, 3.05) is 12.8 Å². The second kappa shape index (κ2) is 7.15. The molecule has 0 aliphatic heterocycles. The van der Waals surface area contributed by atoms with Gasteiger partial charge in [-0.2, -0.15) is 11.8 Å². The van der Waals surface area contributed by atoms with Crippen molar-refractivity contribution in [2.24, 2.45) is 0 Å². The summed E-state index contributed by atoms with van der Waals surface area (Å²) in [4.78, 5) is -0.112. The predicted molar refractivity (Wildman–Crippen MR) is 80.6 cm³/mol. The molecule has 1 aromatic carbocycles. The molecule has 19 heavy (non-hydrogen) atoms. The minimum Gasteiger partial charge on any atom is -0.392 e. The van der Waals surface area contributed by atoms with Gasteiger partial charge < -0.3 is 5.11 Å². The van der Waals surface area contributed by atoms with Gasteiger partial charge in [0.2, 0.25) is 10.0 Å². The monoisotopic (exact) mass is 343 g/mol. The van der Waals surface area contributed by atoms with Crippen molar-refractivity contribution in [3.05, 3.63) is 27.7 Å². The predicted octanol–water partition coefficient (Wildman–Crippen LogP) is 2.52. The third-order valence-electron chi connectivity index (χ3n) is 2.50. The van der Waals surface area contributed by atoms with Gasteiger partial charge in [-0.25, -0.2) is 13.1 Å². The molecule has 0 radical (unpaired) electrons. The number of aliphatic hydroxyl groups excluding tert-OH is 1. The van der Waals surface area contributed by atoms with Crippen LogP contribution in [0.15, 0.2) is 17.0 Å². The first-order chi connectivity index (χ1) is 8.81. The van der Waals surface area contributed by atoms with Crippen molar-refractivity contribution < 1.29 is 13.5 Å². The summed E-state index contributed by atoms with van der Waals surface area (Å²) in [6, 6.07) is 2.71. The fourth-order valence-electron chi connectivity index (χ4n) is 1.32. The molecule has 0 saturated carbocycles. The van der Waals surface area contributed by atoms with Crippen molar-refractivity contribution in [1.29, 1.82) is 0 Å². The highest BCUT2D eigenvalue weighted by molar-refractivity contribution is 7.99. The summed E-state index contributed by atoms with van der Waals surface area (Å²) in [5.41, 5.74) is 0.285. The molecule has 0 aliphatic carbocycles. The molecule has 1 aromatic rings. The third kappa shape index (κ3) is 4.51. The molecule has 0 aromatic heterocycles. The summed E-state index contributed by atoms with van der Waals surface area (Å²) in [5.74, 6) is 0. The molecule has 0 aliphatic rings. The number of benzene rings is 1. The molecule has 8 heteroatoms. The fraction of sp³-hybridized carbons (Fsp3) is 0.455. The highest BCUT2D eigenvalue weighted by Gasteiger charge is 2.21. The Bertz CT molecular complexity index is 549. The number of nitrogens with one attached hydrogen (secondary N) is 1. The van der Waals surface area contributed by atoms with E-state index >= 15 is 0 Å². The minimum atomic E-state index is -3.74. The van der Waals surface area contributed by atoms with E-state index in [9.17, 15) is 8.42 Å². The van der Waals surface area contributed by atoms with E-state index in [1.165, 1.54) is 12.1 Å². The summed E-state index contributed by atoms with van der Waals surface area (Å²) >= 11 is 13.4. The fourth-order valence-corrected chi connectivity index (χ4v) is 3.73. The molecule has 1 atom stereocenters. The van der Waals surface area contributed by atoms with E-state index in [2.05, 4.69) is 4.72 Å². The SMILES string of the molecule is CSC(C)CNS(=O)(=O)c1cc(Cl)cc(CO)c1Cl. The molecule has 2 N–H and O–H groups in total. The van der Waals surface area contributed by atoms with Crippen LogP contribution < -0.4 is 4.72 Å². The van der Waals surface area contributed by atoms with E-state index in [1.54, 1.807) is 11.8 Å². The zero-order valence-corrected chi connectivity index (χ0v) is 13.6. The lowest BCUT2D eigenvalue weighted by Gasteiger charge is -2.13. The van der Waals surface area contributed by atoms with Crippen LogP contribution >= 0.6 is 35.0 Å². The van der Waals surface area contributed by atoms with Crippen LogP contribution in [0.25, 0.3) is 0 Å². The summed E-state index contributed by atoms with van der Waals surface area (Å²) in [5, 5.41) is 9.48. The van der Waals surface area contributed by atoms with Crippen molar-refractivity contribution in [2.45, 2.75) is 23.7 Å². The van der Waals surface area contributed by atoms with E-state index in [0.717, 1.165) is 0 Å². The average molecular weight is 344 g/mol. The largest absolute Gasteiger partial charge is 0.392 e. The smallest absolute Gasteiger partial charge is 0.242 e. The Morgan fingerprint density at radius 2 is 2.05 bits per heavy atom. The second-order valence-corrected chi connectivity index (χ2v) is 7.76. The van der Waals surface area contributed by atoms with Crippen LogP contribution in [0.5, 0.6) is 0 Å². The van der Waals surface area contributed by atoms with Crippen molar-refractivity contribution >= 4 is 45.0 Å². The lowest BCUT2D eigenvalue weighted by atomic mass is 10.2. The third-order valence-corrected chi connectivity index (χ3v) is 5.70. The first-order valence-electron chi connectivity index (χ1n) is 5.43. The quantitative estimate of drug-likeness (QED) is 0.832. The molecule has 0 fully saturated rings. The lowest BCUT2D eigenvalue weighted by Crippen LogP contribution is -2.29. The molecule has 0 spiro atoms. The number of halogens is 2. The normalized spacial score (nSPS) is 13.5. The van der Waals surface area contributed by atoms with E-state index in [-0.39, 0.29) is 32.4 Å². The average Bonchev–Trinajstić information content (AvgIpc) is 2.38. The minimum absolute atomic E-state index is 0.00351. The Morgan fingerprint density at radius 3 is 2.58 bits per heavy atom. The van der Waals surface area contributed by atoms with Crippen LogP contribution in [-0.2, 0) is 16.6 Å². The maximum Gasteiger partial charge on any atom is 0.242 e. The number of hydrogen-bond acceptors (Lipinski definition) is 4. The van der Waals surface area contributed by atoms with Crippen molar-refractivity contribution in [1.82, 2.24) is 4.72 Å². The van der Waals surface area contributed by atoms with Gasteiger partial charge in [0, 0.05) is 16.8 Å². The highest BCUT2D eigenvalue weighted by atomic mass is 35.5. The van der Waals surface area contributed by atoms with Gasteiger partial charge in [0.1, 0.15) is 4.90 Å². The Kier molecular flexibility index (Phi) is 6.42. The van der Waals surface area contributed by atoms with Crippen LogP contribution in [0.1, 0.15) is 12.5 Å². The molecule has 0 saturated heterocycles. The van der Waals surface area contributed by atoms with E-state index in [0.29, 0.717) is 6.54 Å². The molecular formula is C11H15Cl2NO3S2. The molecule has 1 unspecified atom stereocenters. The van der Waals surface area contributed by atoms with Gasteiger partial charge in [0.05, 0.1) is 11.6 Å². The van der Waals surface area contributed by atoms with Gasteiger partial charge in [-0.3, -0.25) is 0 Å². The molecular weight excluding hydrogens is 329 g/mol. The lowest BCUT2D eigenvalue weighted by molar-refractivity contribution is 0.281. The van der Waals surface area contributed by atoms with Gasteiger partial charge in [0.15, 0.2) is 0 Å². The molecule has 108 valence electrons. The first-order valence-corrected chi connectivity index (χ1v) is 8.95. The number of rotatable bonds is 6. The summed E-state index contributed by atoms with van der Waals surface area (Å²) in [6.07, 6.45) is 1.90. The first kappa shape index (κ1) is 17.1. The van der Waals surface area contributed by atoms with Crippen molar-refractivity contribution in [3.8, 4) is 0 Å². The van der Waals surface area contributed by atoms with Gasteiger partial charge >= 0.3 is 0 Å². The summed E-state index contributed by atoms with van der Waals surface area (Å²) < 4.78 is 26.8. The zero-order valence-electron chi connectivity index (χ0n) is 10.5. The standard InChI is InChI=1S/C11H15Cl2NO3S2/c1-7(18-2)5-14-19(16,17)10-4-9(12)3-8(6-15)11(10)13/h3-4,7,14-15H,5-6H2,1-2H3. The van der Waals surface area contributed by atoms with Crippen LogP contribution in [0.4, 0.5) is 0 Å². The number of hydrogen-bond donors (Lipinski definition) is 2. The molecule has 4 nitrogen and oxygen atoms in total. The summed E-state index contributed by atoms with van der Waals surface area (Å²) in [6.45, 7) is 1.83. The molecule has 0 bridgehead atoms. The second-order valence-electron chi connectivity index (χ2n) is 3.93.